The highest BCUT2D eigenvalue weighted by Gasteiger charge is 2.26. The molecule has 2 N–H and O–H groups in total. The molecule has 0 aromatic carbocycles. The number of carbonyl (C=O) groups is 1. The molecule has 1 unspecified atom stereocenters. The number of nitrogens with one attached hydrogen (secondary N) is 1. The maximum Gasteiger partial charge on any atom is 0.317 e. The zero-order chi connectivity index (χ0) is 10.7. The third-order valence-electron chi connectivity index (χ3n) is 3.50. The summed E-state index contributed by atoms with van der Waals surface area (Å²) < 4.78 is 0. The molecule has 2 rings (SSSR count). The Bertz CT molecular complexity index is 229. The second kappa shape index (κ2) is 4.84. The normalized spacial score (nSPS) is 27.3. The van der Waals surface area contributed by atoms with Crippen molar-refractivity contribution in [3.63, 3.8) is 0 Å². The number of piperidine rings is 1. The van der Waals surface area contributed by atoms with Gasteiger partial charge < -0.3 is 15.3 Å². The molecule has 2 amide bonds. The second-order valence-corrected chi connectivity index (χ2v) is 4.71. The number of likely N-dealkylation sites (tertiary alicyclic amines) is 1. The van der Waals surface area contributed by atoms with E-state index in [2.05, 4.69) is 5.32 Å². The van der Waals surface area contributed by atoms with Gasteiger partial charge in [-0.25, -0.2) is 4.79 Å². The van der Waals surface area contributed by atoms with E-state index in [0.717, 1.165) is 38.8 Å². The number of aliphatic hydroxyl groups excluding tert-OH is 1. The van der Waals surface area contributed by atoms with Crippen molar-refractivity contribution in [1.82, 2.24) is 10.2 Å². The van der Waals surface area contributed by atoms with Crippen LogP contribution in [-0.4, -0.2) is 41.8 Å². The fourth-order valence-electron chi connectivity index (χ4n) is 2.22. The van der Waals surface area contributed by atoms with Crippen molar-refractivity contribution in [2.75, 3.05) is 19.7 Å². The van der Waals surface area contributed by atoms with Crippen LogP contribution < -0.4 is 5.32 Å². The summed E-state index contributed by atoms with van der Waals surface area (Å²) in [6.07, 6.45) is 5.56. The van der Waals surface area contributed by atoms with Crippen LogP contribution in [0.15, 0.2) is 0 Å². The van der Waals surface area contributed by atoms with Crippen molar-refractivity contribution in [3.8, 4) is 0 Å². The highest BCUT2D eigenvalue weighted by molar-refractivity contribution is 5.74. The lowest BCUT2D eigenvalue weighted by atomic mass is 9.93. The third-order valence-corrected chi connectivity index (χ3v) is 3.50. The Morgan fingerprint density at radius 3 is 2.73 bits per heavy atom. The van der Waals surface area contributed by atoms with Crippen LogP contribution >= 0.6 is 0 Å². The van der Waals surface area contributed by atoms with Gasteiger partial charge in [-0.3, -0.25) is 0 Å². The molecule has 2 fully saturated rings. The standard InChI is InChI=1S/C11H20N2O2/c14-8-9-3-2-6-13(7-9)11(15)12-10-4-1-5-10/h9-10,14H,1-8H2,(H,12,15). The minimum absolute atomic E-state index is 0.0675. The Labute approximate surface area is 90.6 Å². The summed E-state index contributed by atoms with van der Waals surface area (Å²) in [6.45, 7) is 1.76. The summed E-state index contributed by atoms with van der Waals surface area (Å²) in [4.78, 5) is 13.6. The molecule has 1 aliphatic heterocycles. The molecule has 0 radical (unpaired) electrons. The zero-order valence-corrected chi connectivity index (χ0v) is 9.11. The van der Waals surface area contributed by atoms with Crippen molar-refractivity contribution in [1.29, 1.82) is 0 Å². The molecular weight excluding hydrogens is 192 g/mol. The average Bonchev–Trinajstić information content (AvgIpc) is 2.23. The van der Waals surface area contributed by atoms with Crippen molar-refractivity contribution >= 4 is 6.03 Å². The number of nitrogens with zero attached hydrogens (tertiary/aromatic N) is 1. The molecular formula is C11H20N2O2. The van der Waals surface area contributed by atoms with Gasteiger partial charge in [-0.1, -0.05) is 0 Å². The molecule has 0 aromatic rings. The molecule has 4 heteroatoms. The van der Waals surface area contributed by atoms with E-state index in [4.69, 9.17) is 5.11 Å². The number of hydrogen-bond acceptors (Lipinski definition) is 2. The van der Waals surface area contributed by atoms with Gasteiger partial charge in [-0.05, 0) is 38.0 Å². The first-order valence-electron chi connectivity index (χ1n) is 5.96. The predicted molar refractivity (Wildman–Crippen MR) is 57.6 cm³/mol. The highest BCUT2D eigenvalue weighted by Crippen LogP contribution is 2.20. The highest BCUT2D eigenvalue weighted by atomic mass is 16.3. The number of urea groups is 1. The Hall–Kier alpha value is -0.770. The van der Waals surface area contributed by atoms with E-state index >= 15 is 0 Å². The summed E-state index contributed by atoms with van der Waals surface area (Å²) >= 11 is 0. The lowest BCUT2D eigenvalue weighted by molar-refractivity contribution is 0.125. The van der Waals surface area contributed by atoms with Gasteiger partial charge in [0.25, 0.3) is 0 Å². The first kappa shape index (κ1) is 10.7. The van der Waals surface area contributed by atoms with Crippen molar-refractivity contribution in [2.24, 2.45) is 5.92 Å². The van der Waals surface area contributed by atoms with Crippen LogP contribution in [-0.2, 0) is 0 Å². The fraction of sp³-hybridized carbons (Fsp3) is 0.909. The lowest BCUT2D eigenvalue weighted by Gasteiger charge is -2.35. The van der Waals surface area contributed by atoms with Crippen LogP contribution in [0.3, 0.4) is 0 Å². The van der Waals surface area contributed by atoms with Gasteiger partial charge in [-0.15, -0.1) is 0 Å². The lowest BCUT2D eigenvalue weighted by Crippen LogP contribution is -2.50. The summed E-state index contributed by atoms with van der Waals surface area (Å²) in [5, 5.41) is 12.1. The average molecular weight is 212 g/mol. The molecule has 1 heterocycles. The smallest absolute Gasteiger partial charge is 0.317 e. The van der Waals surface area contributed by atoms with E-state index in [-0.39, 0.29) is 18.6 Å². The number of carbonyl (C=O) groups excluding carboxylic acids is 1. The van der Waals surface area contributed by atoms with Crippen molar-refractivity contribution in [2.45, 2.75) is 38.1 Å². The quantitative estimate of drug-likeness (QED) is 0.716. The molecule has 4 nitrogen and oxygen atoms in total. The third kappa shape index (κ3) is 2.62. The van der Waals surface area contributed by atoms with Crippen LogP contribution in [0.25, 0.3) is 0 Å². The van der Waals surface area contributed by atoms with Gasteiger partial charge in [0.2, 0.25) is 0 Å². The minimum Gasteiger partial charge on any atom is -0.396 e. The van der Waals surface area contributed by atoms with Crippen LogP contribution in [0.2, 0.25) is 0 Å². The summed E-state index contributed by atoms with van der Waals surface area (Å²) in [6, 6.07) is 0.477. The molecule has 1 saturated carbocycles. The molecule has 2 aliphatic rings. The number of amides is 2. The van der Waals surface area contributed by atoms with Gasteiger partial charge >= 0.3 is 6.03 Å². The van der Waals surface area contributed by atoms with E-state index in [9.17, 15) is 4.79 Å². The van der Waals surface area contributed by atoms with E-state index in [1.54, 1.807) is 0 Å². The molecule has 0 aromatic heterocycles. The topological polar surface area (TPSA) is 52.6 Å². The monoisotopic (exact) mass is 212 g/mol. The Morgan fingerprint density at radius 2 is 2.13 bits per heavy atom. The summed E-state index contributed by atoms with van der Waals surface area (Å²) in [7, 11) is 0. The fourth-order valence-corrected chi connectivity index (χ4v) is 2.22. The Kier molecular flexibility index (Phi) is 3.46. The molecule has 1 atom stereocenters. The van der Waals surface area contributed by atoms with Gasteiger partial charge in [0, 0.05) is 25.7 Å². The predicted octanol–water partition coefficient (Wildman–Crippen LogP) is 0.953. The van der Waals surface area contributed by atoms with E-state index in [0.29, 0.717) is 6.04 Å². The van der Waals surface area contributed by atoms with Crippen LogP contribution in [0.1, 0.15) is 32.1 Å². The maximum absolute atomic E-state index is 11.8. The largest absolute Gasteiger partial charge is 0.396 e. The van der Waals surface area contributed by atoms with Crippen molar-refractivity contribution in [3.05, 3.63) is 0 Å². The number of aliphatic hydroxyl groups is 1. The molecule has 0 spiro atoms. The second-order valence-electron chi connectivity index (χ2n) is 4.71. The number of rotatable bonds is 2. The molecule has 1 saturated heterocycles. The maximum atomic E-state index is 11.8. The molecule has 15 heavy (non-hydrogen) atoms. The number of hydrogen-bond donors (Lipinski definition) is 2. The zero-order valence-electron chi connectivity index (χ0n) is 9.11. The summed E-state index contributed by atoms with van der Waals surface area (Å²) in [5.41, 5.74) is 0. The first-order chi connectivity index (χ1) is 7.29. The Balaban J connectivity index is 1.78. The van der Waals surface area contributed by atoms with Gasteiger partial charge in [-0.2, -0.15) is 0 Å². The van der Waals surface area contributed by atoms with Crippen LogP contribution in [0.5, 0.6) is 0 Å². The minimum atomic E-state index is 0.0675. The van der Waals surface area contributed by atoms with Crippen LogP contribution in [0, 0.1) is 5.92 Å². The SMILES string of the molecule is O=C(NC1CCC1)N1CCCC(CO)C1. The van der Waals surface area contributed by atoms with E-state index in [1.807, 2.05) is 4.90 Å². The van der Waals surface area contributed by atoms with E-state index in [1.165, 1.54) is 6.42 Å². The Morgan fingerprint density at radius 1 is 1.33 bits per heavy atom. The first-order valence-corrected chi connectivity index (χ1v) is 5.96. The van der Waals surface area contributed by atoms with Gasteiger partial charge in [0.15, 0.2) is 0 Å². The summed E-state index contributed by atoms with van der Waals surface area (Å²) in [5.74, 6) is 0.283. The van der Waals surface area contributed by atoms with Gasteiger partial charge in [0.05, 0.1) is 0 Å². The van der Waals surface area contributed by atoms with E-state index < -0.39 is 0 Å². The molecule has 1 aliphatic carbocycles. The van der Waals surface area contributed by atoms with Gasteiger partial charge in [0.1, 0.15) is 0 Å². The molecule has 0 bridgehead atoms. The van der Waals surface area contributed by atoms with Crippen molar-refractivity contribution < 1.29 is 9.90 Å². The van der Waals surface area contributed by atoms with Crippen LogP contribution in [0.4, 0.5) is 4.79 Å². The molecule has 86 valence electrons.